The average Bonchev–Trinajstić information content (AvgIpc) is 3.14. The van der Waals surface area contributed by atoms with Crippen molar-refractivity contribution in [2.24, 2.45) is 5.41 Å². The molecule has 3 nitrogen and oxygen atoms in total. The van der Waals surface area contributed by atoms with Crippen LogP contribution < -0.4 is 0 Å². The molecule has 4 heteroatoms. The zero-order valence-corrected chi connectivity index (χ0v) is 12.9. The van der Waals surface area contributed by atoms with Gasteiger partial charge in [0.1, 0.15) is 5.82 Å². The van der Waals surface area contributed by atoms with Gasteiger partial charge in [0.25, 0.3) is 0 Å². The van der Waals surface area contributed by atoms with E-state index < -0.39 is 0 Å². The van der Waals surface area contributed by atoms with Crippen molar-refractivity contribution in [3.8, 4) is 0 Å². The van der Waals surface area contributed by atoms with Gasteiger partial charge in [-0.05, 0) is 49.3 Å². The molecule has 0 saturated heterocycles. The van der Waals surface area contributed by atoms with Gasteiger partial charge in [-0.15, -0.1) is 11.6 Å². The third kappa shape index (κ3) is 2.57. The summed E-state index contributed by atoms with van der Waals surface area (Å²) in [7, 11) is 1.77. The summed E-state index contributed by atoms with van der Waals surface area (Å²) in [5, 5.41) is 0. The molecule has 1 aliphatic carbocycles. The van der Waals surface area contributed by atoms with Crippen molar-refractivity contribution in [3.63, 3.8) is 0 Å². The molecule has 1 heterocycles. The van der Waals surface area contributed by atoms with Gasteiger partial charge in [-0.25, -0.2) is 4.98 Å². The third-order valence-electron chi connectivity index (χ3n) is 4.39. The topological polar surface area (TPSA) is 27.1 Å². The molecule has 3 rings (SSSR count). The molecule has 0 amide bonds. The average molecular weight is 293 g/mol. The second kappa shape index (κ2) is 5.38. The van der Waals surface area contributed by atoms with Crippen LogP contribution in [-0.2, 0) is 17.2 Å². The Hall–Kier alpha value is -1.06. The highest BCUT2D eigenvalue weighted by atomic mass is 35.5. The van der Waals surface area contributed by atoms with Crippen LogP contribution in [0, 0.1) is 12.3 Å². The summed E-state index contributed by atoms with van der Waals surface area (Å²) in [5.41, 5.74) is 3.92. The fourth-order valence-corrected chi connectivity index (χ4v) is 3.08. The van der Waals surface area contributed by atoms with Gasteiger partial charge in [0.15, 0.2) is 0 Å². The minimum absolute atomic E-state index is 0.397. The van der Waals surface area contributed by atoms with Gasteiger partial charge in [0, 0.05) is 20.3 Å². The van der Waals surface area contributed by atoms with Crippen molar-refractivity contribution in [3.05, 3.63) is 29.6 Å². The number of ether oxygens (including phenoxy) is 1. The smallest absolute Gasteiger partial charge is 0.124 e. The predicted molar refractivity (Wildman–Crippen MR) is 82.2 cm³/mol. The van der Waals surface area contributed by atoms with E-state index in [2.05, 4.69) is 34.7 Å². The van der Waals surface area contributed by atoms with Gasteiger partial charge in [0.2, 0.25) is 0 Å². The lowest BCUT2D eigenvalue weighted by molar-refractivity contribution is 0.167. The van der Waals surface area contributed by atoms with Crippen LogP contribution in [0.15, 0.2) is 18.2 Å². The van der Waals surface area contributed by atoms with Crippen LogP contribution in [0.1, 0.15) is 30.7 Å². The van der Waals surface area contributed by atoms with Crippen molar-refractivity contribution in [1.29, 1.82) is 0 Å². The van der Waals surface area contributed by atoms with Gasteiger partial charge in [-0.3, -0.25) is 0 Å². The molecule has 1 aliphatic rings. The van der Waals surface area contributed by atoms with Crippen molar-refractivity contribution >= 4 is 22.6 Å². The number of hydrogen-bond acceptors (Lipinski definition) is 2. The Labute approximate surface area is 124 Å². The zero-order chi connectivity index (χ0) is 14.2. The van der Waals surface area contributed by atoms with Gasteiger partial charge in [0.05, 0.1) is 16.9 Å². The van der Waals surface area contributed by atoms with Crippen LogP contribution in [0.2, 0.25) is 0 Å². The Bertz CT molecular complexity index is 616. The number of benzene rings is 1. The summed E-state index contributed by atoms with van der Waals surface area (Å²) in [6.45, 7) is 3.97. The summed E-state index contributed by atoms with van der Waals surface area (Å²) in [5.74, 6) is 1.45. The molecule has 0 bridgehead atoms. The minimum atomic E-state index is 0.397. The Kier molecular flexibility index (Phi) is 3.74. The first-order valence-corrected chi connectivity index (χ1v) is 7.72. The summed E-state index contributed by atoms with van der Waals surface area (Å²) in [4.78, 5) is 4.66. The molecular weight excluding hydrogens is 272 g/mol. The van der Waals surface area contributed by atoms with Crippen LogP contribution in [0.5, 0.6) is 0 Å². The number of alkyl halides is 1. The fourth-order valence-electron chi connectivity index (χ4n) is 2.88. The van der Waals surface area contributed by atoms with Crippen LogP contribution >= 0.6 is 11.6 Å². The molecule has 1 aromatic heterocycles. The number of methoxy groups -OCH3 is 1. The van der Waals surface area contributed by atoms with E-state index in [0.717, 1.165) is 30.9 Å². The fraction of sp³-hybridized carbons (Fsp3) is 0.562. The maximum Gasteiger partial charge on any atom is 0.124 e. The molecule has 0 aliphatic heterocycles. The van der Waals surface area contributed by atoms with Crippen molar-refractivity contribution in [2.75, 3.05) is 13.7 Å². The molecule has 1 aromatic carbocycles. The summed E-state index contributed by atoms with van der Waals surface area (Å²) >= 11 is 6.09. The number of aryl methyl sites for hydroxylation is 1. The Balaban J connectivity index is 1.95. The van der Waals surface area contributed by atoms with Crippen molar-refractivity contribution < 1.29 is 4.74 Å². The maximum atomic E-state index is 6.09. The minimum Gasteiger partial charge on any atom is -0.385 e. The highest BCUT2D eigenvalue weighted by Crippen LogP contribution is 2.50. The normalized spacial score (nSPS) is 16.8. The van der Waals surface area contributed by atoms with E-state index >= 15 is 0 Å². The first-order chi connectivity index (χ1) is 9.67. The highest BCUT2D eigenvalue weighted by molar-refractivity contribution is 6.16. The Morgan fingerprint density at radius 2 is 2.20 bits per heavy atom. The standard InChI is InChI=1S/C16H21ClN2O/c1-12-3-4-13-14(9-12)19(15(10-17)18-13)11-16(5-6-16)7-8-20-2/h3-4,9H,5-8,10-11H2,1-2H3. The SMILES string of the molecule is COCCC1(Cn2c(CCl)nc3ccc(C)cc32)CC1. The molecule has 0 atom stereocenters. The lowest BCUT2D eigenvalue weighted by Gasteiger charge is -2.17. The maximum absolute atomic E-state index is 6.09. The predicted octanol–water partition coefficient (Wildman–Crippen LogP) is 3.90. The molecule has 1 saturated carbocycles. The van der Waals surface area contributed by atoms with Gasteiger partial charge in [-0.1, -0.05) is 6.07 Å². The molecule has 20 heavy (non-hydrogen) atoms. The molecule has 0 N–H and O–H groups in total. The van der Waals surface area contributed by atoms with E-state index in [4.69, 9.17) is 16.3 Å². The van der Waals surface area contributed by atoms with E-state index in [1.54, 1.807) is 7.11 Å². The van der Waals surface area contributed by atoms with Crippen molar-refractivity contribution in [1.82, 2.24) is 9.55 Å². The van der Waals surface area contributed by atoms with Gasteiger partial charge >= 0.3 is 0 Å². The molecule has 0 spiro atoms. The highest BCUT2D eigenvalue weighted by Gasteiger charge is 2.42. The van der Waals surface area contributed by atoms with E-state index in [1.165, 1.54) is 23.9 Å². The molecule has 0 unspecified atom stereocenters. The molecule has 2 aromatic rings. The number of aromatic nitrogens is 2. The number of nitrogens with zero attached hydrogens (tertiary/aromatic N) is 2. The number of hydrogen-bond donors (Lipinski definition) is 0. The summed E-state index contributed by atoms with van der Waals surface area (Å²) in [6.07, 6.45) is 3.68. The van der Waals surface area contributed by atoms with E-state index in [0.29, 0.717) is 11.3 Å². The lowest BCUT2D eigenvalue weighted by atomic mass is 10.0. The molecular formula is C16H21ClN2O. The van der Waals surface area contributed by atoms with E-state index in [1.807, 2.05) is 0 Å². The van der Waals surface area contributed by atoms with Crippen LogP contribution in [0.4, 0.5) is 0 Å². The monoisotopic (exact) mass is 292 g/mol. The number of halogens is 1. The summed E-state index contributed by atoms with van der Waals surface area (Å²) < 4.78 is 7.57. The molecule has 1 fully saturated rings. The first kappa shape index (κ1) is 13.9. The van der Waals surface area contributed by atoms with Crippen LogP contribution in [0.3, 0.4) is 0 Å². The van der Waals surface area contributed by atoms with Crippen molar-refractivity contribution in [2.45, 2.75) is 38.6 Å². The lowest BCUT2D eigenvalue weighted by Crippen LogP contribution is -2.15. The zero-order valence-electron chi connectivity index (χ0n) is 12.2. The number of rotatable bonds is 6. The van der Waals surface area contributed by atoms with Gasteiger partial charge < -0.3 is 9.30 Å². The van der Waals surface area contributed by atoms with E-state index in [9.17, 15) is 0 Å². The Morgan fingerprint density at radius 3 is 2.85 bits per heavy atom. The summed E-state index contributed by atoms with van der Waals surface area (Å²) in [6, 6.07) is 6.41. The second-order valence-electron chi connectivity index (χ2n) is 5.98. The quantitative estimate of drug-likeness (QED) is 0.755. The number of imidazole rings is 1. The largest absolute Gasteiger partial charge is 0.385 e. The Morgan fingerprint density at radius 1 is 1.40 bits per heavy atom. The second-order valence-corrected chi connectivity index (χ2v) is 6.25. The van der Waals surface area contributed by atoms with Crippen LogP contribution in [0.25, 0.3) is 11.0 Å². The first-order valence-electron chi connectivity index (χ1n) is 7.18. The van der Waals surface area contributed by atoms with Gasteiger partial charge in [-0.2, -0.15) is 0 Å². The van der Waals surface area contributed by atoms with Crippen LogP contribution in [-0.4, -0.2) is 23.3 Å². The molecule has 0 radical (unpaired) electrons. The molecule has 108 valence electrons. The third-order valence-corrected chi connectivity index (χ3v) is 4.63. The number of fused-ring (bicyclic) bond motifs is 1. The van der Waals surface area contributed by atoms with E-state index in [-0.39, 0.29) is 0 Å².